The van der Waals surface area contributed by atoms with E-state index in [0.717, 1.165) is 5.56 Å². The van der Waals surface area contributed by atoms with Crippen molar-refractivity contribution in [3.8, 4) is 0 Å². The van der Waals surface area contributed by atoms with E-state index in [0.29, 0.717) is 5.16 Å². The van der Waals surface area contributed by atoms with Gasteiger partial charge >= 0.3 is 11.1 Å². The predicted octanol–water partition coefficient (Wildman–Crippen LogP) is 0.0442. The smallest absolute Gasteiger partial charge is 0.327 e. The molecule has 0 spiro atoms. The average Bonchev–Trinajstić information content (AvgIpc) is 2.42. The molecule has 2 atom stereocenters. The van der Waals surface area contributed by atoms with Crippen LogP contribution in [0.4, 0.5) is 0 Å². The highest BCUT2D eigenvalue weighted by molar-refractivity contribution is 7.99. The van der Waals surface area contributed by atoms with Crippen LogP contribution in [0.15, 0.2) is 39.3 Å². The zero-order valence-corrected chi connectivity index (χ0v) is 11.9. The van der Waals surface area contributed by atoms with Gasteiger partial charge in [-0.1, -0.05) is 11.8 Å². The number of nitrogens with two attached hydrogens (primary N) is 1. The molecule has 0 saturated heterocycles. The highest BCUT2D eigenvalue weighted by Gasteiger charge is 2.20. The van der Waals surface area contributed by atoms with Crippen LogP contribution in [-0.4, -0.2) is 25.8 Å². The summed E-state index contributed by atoms with van der Waals surface area (Å²) in [7, 11) is 1.63. The Labute approximate surface area is 119 Å². The van der Waals surface area contributed by atoms with Crippen LogP contribution >= 0.6 is 11.8 Å². The largest absolute Gasteiger partial charge is 0.339 e. The number of hydrogen-bond acceptors (Lipinski definition) is 6. The number of thioether (sulfide) groups is 1. The Morgan fingerprint density at radius 2 is 2.00 bits per heavy atom. The molecule has 0 radical (unpaired) electrons. The van der Waals surface area contributed by atoms with Crippen LogP contribution in [-0.2, 0) is 7.05 Å². The first kappa shape index (κ1) is 14.5. The molecule has 0 aliphatic carbocycles. The molecule has 2 rings (SSSR count). The molecule has 0 amide bonds. The van der Waals surface area contributed by atoms with E-state index in [1.807, 2.05) is 19.1 Å². The van der Waals surface area contributed by atoms with Gasteiger partial charge in [0.25, 0.3) is 0 Å². The van der Waals surface area contributed by atoms with Crippen LogP contribution in [0.2, 0.25) is 0 Å². The first-order valence-corrected chi connectivity index (χ1v) is 6.86. The Morgan fingerprint density at radius 3 is 2.60 bits per heavy atom. The third-order valence-electron chi connectivity index (χ3n) is 2.69. The van der Waals surface area contributed by atoms with Crippen LogP contribution in [0.25, 0.3) is 0 Å². The van der Waals surface area contributed by atoms with E-state index >= 15 is 0 Å². The van der Waals surface area contributed by atoms with Crippen molar-refractivity contribution in [3.63, 3.8) is 0 Å². The number of hydrogen-bond donors (Lipinski definition) is 2. The number of rotatable bonds is 4. The maximum Gasteiger partial charge on any atom is 0.339 e. The van der Waals surface area contributed by atoms with Crippen molar-refractivity contribution in [2.75, 3.05) is 0 Å². The van der Waals surface area contributed by atoms with Crippen molar-refractivity contribution in [1.82, 2.24) is 19.7 Å². The van der Waals surface area contributed by atoms with E-state index < -0.39 is 11.1 Å². The third-order valence-corrected chi connectivity index (χ3v) is 4.22. The fraction of sp³-hybridized carbons (Fsp3) is 0.333. The quantitative estimate of drug-likeness (QED) is 0.609. The minimum Gasteiger partial charge on any atom is -0.327 e. The maximum absolute atomic E-state index is 11.4. The number of aryl methyl sites for hydroxylation is 1. The highest BCUT2D eigenvalue weighted by atomic mass is 32.2. The Bertz CT molecular complexity index is 695. The van der Waals surface area contributed by atoms with E-state index in [9.17, 15) is 9.59 Å². The van der Waals surface area contributed by atoms with Crippen molar-refractivity contribution in [1.29, 1.82) is 0 Å². The van der Waals surface area contributed by atoms with Gasteiger partial charge in [-0.05, 0) is 24.6 Å². The van der Waals surface area contributed by atoms with Gasteiger partial charge in [-0.3, -0.25) is 24.4 Å². The van der Waals surface area contributed by atoms with Crippen molar-refractivity contribution in [2.45, 2.75) is 23.4 Å². The van der Waals surface area contributed by atoms with Crippen molar-refractivity contribution in [3.05, 3.63) is 50.8 Å². The summed E-state index contributed by atoms with van der Waals surface area (Å²) in [6, 6.07) is 3.57. The second-order valence-corrected chi connectivity index (χ2v) is 5.49. The number of pyridine rings is 1. The molecule has 7 nitrogen and oxygen atoms in total. The molecule has 0 aromatic carbocycles. The molecule has 0 fully saturated rings. The zero-order chi connectivity index (χ0) is 14.7. The summed E-state index contributed by atoms with van der Waals surface area (Å²) < 4.78 is 1.42. The molecule has 0 saturated carbocycles. The van der Waals surface area contributed by atoms with Gasteiger partial charge in [0.05, 0.1) is 5.25 Å². The summed E-state index contributed by atoms with van der Waals surface area (Å²) >= 11 is 1.33. The van der Waals surface area contributed by atoms with Gasteiger partial charge in [0.15, 0.2) is 5.16 Å². The zero-order valence-electron chi connectivity index (χ0n) is 11.1. The van der Waals surface area contributed by atoms with Crippen molar-refractivity contribution in [2.24, 2.45) is 12.8 Å². The van der Waals surface area contributed by atoms with E-state index in [2.05, 4.69) is 15.1 Å². The lowest BCUT2D eigenvalue weighted by molar-refractivity contribution is 0.592. The molecule has 0 aliphatic heterocycles. The molecule has 8 heteroatoms. The molecule has 3 N–H and O–H groups in total. The fourth-order valence-corrected chi connectivity index (χ4v) is 2.79. The van der Waals surface area contributed by atoms with Gasteiger partial charge in [0.2, 0.25) is 0 Å². The lowest BCUT2D eigenvalue weighted by Crippen LogP contribution is -2.34. The first-order valence-electron chi connectivity index (χ1n) is 5.98. The normalized spacial score (nSPS) is 13.9. The molecule has 2 aromatic rings. The number of nitrogens with zero attached hydrogens (tertiary/aromatic N) is 3. The summed E-state index contributed by atoms with van der Waals surface area (Å²) in [4.78, 5) is 30.3. The standard InChI is InChI=1S/C12H15N5O2S/c1-7(13)9(8-3-5-14-6-4-8)20-12-15-10(18)11(19)16-17(12)2/h3-7,9H,13H2,1-2H3,(H,16,19). The summed E-state index contributed by atoms with van der Waals surface area (Å²) in [5, 5.41) is 2.73. The molecular formula is C12H15N5O2S. The number of aromatic amines is 1. The van der Waals surface area contributed by atoms with E-state index in [-0.39, 0.29) is 11.3 Å². The van der Waals surface area contributed by atoms with Crippen LogP contribution in [0, 0.1) is 0 Å². The van der Waals surface area contributed by atoms with Crippen molar-refractivity contribution >= 4 is 11.8 Å². The Balaban J connectivity index is 2.37. The van der Waals surface area contributed by atoms with Crippen LogP contribution in [0.5, 0.6) is 0 Å². The average molecular weight is 293 g/mol. The molecule has 106 valence electrons. The minimum absolute atomic E-state index is 0.0954. The molecule has 2 heterocycles. The Hall–Kier alpha value is -1.93. The minimum atomic E-state index is -0.802. The SMILES string of the molecule is CC(N)C(Sc1nc(=O)c(=O)[nH]n1C)c1ccncc1. The summed E-state index contributed by atoms with van der Waals surface area (Å²) in [5.41, 5.74) is 5.45. The summed E-state index contributed by atoms with van der Waals surface area (Å²) in [6.45, 7) is 1.88. The molecule has 0 bridgehead atoms. The first-order chi connectivity index (χ1) is 9.49. The van der Waals surface area contributed by atoms with Gasteiger partial charge in [-0.2, -0.15) is 4.98 Å². The Kier molecular flexibility index (Phi) is 4.35. The predicted molar refractivity (Wildman–Crippen MR) is 76.6 cm³/mol. The van der Waals surface area contributed by atoms with E-state index in [1.54, 1.807) is 19.4 Å². The molecule has 20 heavy (non-hydrogen) atoms. The number of nitrogens with one attached hydrogen (secondary N) is 1. The van der Waals surface area contributed by atoms with Gasteiger partial charge < -0.3 is 5.73 Å². The van der Waals surface area contributed by atoms with Gasteiger partial charge in [0, 0.05) is 25.5 Å². The third kappa shape index (κ3) is 3.14. The van der Waals surface area contributed by atoms with Crippen molar-refractivity contribution < 1.29 is 0 Å². The molecule has 0 aliphatic rings. The fourth-order valence-electron chi connectivity index (χ4n) is 1.71. The molecule has 2 unspecified atom stereocenters. The lowest BCUT2D eigenvalue weighted by atomic mass is 10.1. The number of H-pyrrole nitrogens is 1. The lowest BCUT2D eigenvalue weighted by Gasteiger charge is -2.20. The van der Waals surface area contributed by atoms with Crippen LogP contribution in [0.1, 0.15) is 17.7 Å². The monoisotopic (exact) mass is 293 g/mol. The van der Waals surface area contributed by atoms with Crippen LogP contribution < -0.4 is 16.9 Å². The van der Waals surface area contributed by atoms with Gasteiger partial charge in [-0.25, -0.2) is 0 Å². The second-order valence-electron chi connectivity index (χ2n) is 4.38. The topological polar surface area (TPSA) is 107 Å². The van der Waals surface area contributed by atoms with E-state index in [1.165, 1.54) is 16.4 Å². The highest BCUT2D eigenvalue weighted by Crippen LogP contribution is 2.34. The Morgan fingerprint density at radius 1 is 1.35 bits per heavy atom. The van der Waals surface area contributed by atoms with Crippen LogP contribution in [0.3, 0.4) is 0 Å². The van der Waals surface area contributed by atoms with E-state index in [4.69, 9.17) is 5.73 Å². The maximum atomic E-state index is 11.4. The summed E-state index contributed by atoms with van der Waals surface area (Å²) in [5.74, 6) is 0. The second kappa shape index (κ2) is 6.02. The van der Waals surface area contributed by atoms with Gasteiger partial charge in [0.1, 0.15) is 0 Å². The number of aromatic nitrogens is 4. The summed E-state index contributed by atoms with van der Waals surface area (Å²) in [6.07, 6.45) is 3.37. The van der Waals surface area contributed by atoms with Gasteiger partial charge in [-0.15, -0.1) is 0 Å². The molecule has 2 aromatic heterocycles. The molecular weight excluding hydrogens is 278 g/mol.